The lowest BCUT2D eigenvalue weighted by Gasteiger charge is -2.10. The summed E-state index contributed by atoms with van der Waals surface area (Å²) in [6.45, 7) is 6.13. The normalized spacial score (nSPS) is 15.3. The van der Waals surface area contributed by atoms with Gasteiger partial charge in [0.05, 0.1) is 0 Å². The Morgan fingerprint density at radius 1 is 1.25 bits per heavy atom. The van der Waals surface area contributed by atoms with Gasteiger partial charge in [-0.25, -0.2) is 12.5 Å². The molecule has 0 saturated heterocycles. The molecule has 1 N–H and O–H groups in total. The molecule has 0 spiro atoms. The average Bonchev–Trinajstić information content (AvgIpc) is 2.16. The van der Waals surface area contributed by atoms with E-state index in [1.165, 1.54) is 0 Å². The van der Waals surface area contributed by atoms with Crippen LogP contribution in [-0.4, -0.2) is 16.4 Å². The predicted molar refractivity (Wildman–Crippen MR) is 71.3 cm³/mol. The highest BCUT2D eigenvalue weighted by molar-refractivity contribution is 8.01. The predicted octanol–water partition coefficient (Wildman–Crippen LogP) is 4.26. The summed E-state index contributed by atoms with van der Waals surface area (Å²) in [5.74, 6) is 1.81. The molecule has 0 aliphatic carbocycles. The average molecular weight is 288 g/mol. The first-order valence-corrected chi connectivity index (χ1v) is 8.75. The van der Waals surface area contributed by atoms with E-state index in [1.54, 1.807) is 0 Å². The fraction of sp³-hybridized carbons (Fsp3) is 1.00. The summed E-state index contributed by atoms with van der Waals surface area (Å²) in [7, 11) is -3.87. The highest BCUT2D eigenvalue weighted by Crippen LogP contribution is 2.50. The van der Waals surface area contributed by atoms with Crippen LogP contribution in [0, 0.1) is 5.92 Å². The van der Waals surface area contributed by atoms with Crippen LogP contribution in [0.25, 0.3) is 0 Å². The Kier molecular flexibility index (Phi) is 10.3. The number of phosphoric acid groups is 1. The van der Waals surface area contributed by atoms with Gasteiger partial charge in [0.2, 0.25) is 0 Å². The lowest BCUT2D eigenvalue weighted by atomic mass is 10.3. The molecule has 0 aromatic rings. The molecule has 0 rings (SSSR count). The summed E-state index contributed by atoms with van der Waals surface area (Å²) in [6.07, 6.45) is 3.22. The fourth-order valence-electron chi connectivity index (χ4n) is 0.760. The van der Waals surface area contributed by atoms with Crippen molar-refractivity contribution in [2.24, 2.45) is 5.92 Å². The van der Waals surface area contributed by atoms with Gasteiger partial charge in [-0.05, 0) is 12.3 Å². The lowest BCUT2D eigenvalue weighted by molar-refractivity contribution is 0.323. The van der Waals surface area contributed by atoms with Crippen molar-refractivity contribution >= 4 is 31.9 Å². The summed E-state index contributed by atoms with van der Waals surface area (Å²) in [5, 5.41) is 0. The largest absolute Gasteiger partial charge is 0.494 e. The van der Waals surface area contributed by atoms with Crippen molar-refractivity contribution in [1.29, 1.82) is 0 Å². The molecule has 98 valence electrons. The SMILES string of the molecule is CCCCCSOP(=O)(O)OSCC(C)C. The maximum absolute atomic E-state index is 11.3. The van der Waals surface area contributed by atoms with Gasteiger partial charge in [0.1, 0.15) is 0 Å². The standard InChI is InChI=1S/C9H21O4PS2/c1-4-5-6-7-15-12-14(10,11)13-16-8-9(2)3/h9H,4-8H2,1-3H3,(H,10,11). The summed E-state index contributed by atoms with van der Waals surface area (Å²) < 4.78 is 20.8. The van der Waals surface area contributed by atoms with Crippen molar-refractivity contribution in [3.05, 3.63) is 0 Å². The van der Waals surface area contributed by atoms with Gasteiger partial charge < -0.3 is 4.89 Å². The quantitative estimate of drug-likeness (QED) is 0.368. The van der Waals surface area contributed by atoms with Crippen molar-refractivity contribution in [3.8, 4) is 0 Å². The Balaban J connectivity index is 3.50. The zero-order valence-corrected chi connectivity index (χ0v) is 12.6. The van der Waals surface area contributed by atoms with Crippen LogP contribution in [0.1, 0.15) is 40.0 Å². The van der Waals surface area contributed by atoms with Crippen molar-refractivity contribution in [2.75, 3.05) is 11.5 Å². The number of unbranched alkanes of at least 4 members (excludes halogenated alkanes) is 2. The van der Waals surface area contributed by atoms with Crippen LogP contribution in [0.5, 0.6) is 0 Å². The Labute approximate surface area is 107 Å². The van der Waals surface area contributed by atoms with Gasteiger partial charge in [-0.1, -0.05) is 33.6 Å². The molecular formula is C9H21O4PS2. The van der Waals surface area contributed by atoms with Crippen LogP contribution in [0.15, 0.2) is 0 Å². The second-order valence-electron chi connectivity index (χ2n) is 3.83. The second-order valence-corrected chi connectivity index (χ2v) is 7.17. The fourth-order valence-corrected chi connectivity index (χ4v) is 3.28. The first-order chi connectivity index (χ1) is 7.48. The molecule has 0 amide bonds. The van der Waals surface area contributed by atoms with Gasteiger partial charge in [-0.2, -0.15) is 0 Å². The second kappa shape index (κ2) is 9.80. The van der Waals surface area contributed by atoms with Gasteiger partial charge in [-0.3, -0.25) is 0 Å². The first-order valence-electron chi connectivity index (χ1n) is 5.43. The van der Waals surface area contributed by atoms with Crippen LogP contribution < -0.4 is 0 Å². The highest BCUT2D eigenvalue weighted by atomic mass is 32.2. The van der Waals surface area contributed by atoms with Crippen LogP contribution >= 0.6 is 31.9 Å². The van der Waals surface area contributed by atoms with E-state index in [9.17, 15) is 9.46 Å². The zero-order chi connectivity index (χ0) is 12.4. The summed E-state index contributed by atoms with van der Waals surface area (Å²) in [4.78, 5) is 9.25. The Hall–Kier alpha value is 0.810. The minimum Gasteiger partial charge on any atom is -0.301 e. The summed E-state index contributed by atoms with van der Waals surface area (Å²) in [5.41, 5.74) is 0. The lowest BCUT2D eigenvalue weighted by Crippen LogP contribution is -1.92. The molecule has 1 unspecified atom stereocenters. The van der Waals surface area contributed by atoms with Gasteiger partial charge in [0, 0.05) is 35.6 Å². The van der Waals surface area contributed by atoms with Crippen molar-refractivity contribution in [1.82, 2.24) is 0 Å². The minimum absolute atomic E-state index is 0.419. The number of hydrogen-bond donors (Lipinski definition) is 1. The van der Waals surface area contributed by atoms with Gasteiger partial charge >= 0.3 is 7.82 Å². The summed E-state index contributed by atoms with van der Waals surface area (Å²) >= 11 is 1.99. The maximum atomic E-state index is 11.3. The molecule has 0 fully saturated rings. The Morgan fingerprint density at radius 2 is 1.88 bits per heavy atom. The van der Waals surface area contributed by atoms with E-state index in [0.717, 1.165) is 49.1 Å². The molecule has 1 atom stereocenters. The zero-order valence-electron chi connectivity index (χ0n) is 10.0. The molecular weight excluding hydrogens is 267 g/mol. The first kappa shape index (κ1) is 16.8. The molecule has 0 aliphatic rings. The molecule has 0 aliphatic heterocycles. The van der Waals surface area contributed by atoms with Crippen molar-refractivity contribution in [2.45, 2.75) is 40.0 Å². The van der Waals surface area contributed by atoms with Gasteiger partial charge in [0.15, 0.2) is 0 Å². The molecule has 4 nitrogen and oxygen atoms in total. The number of rotatable bonds is 10. The molecule has 0 bridgehead atoms. The van der Waals surface area contributed by atoms with Crippen molar-refractivity contribution in [3.63, 3.8) is 0 Å². The van der Waals surface area contributed by atoms with Crippen molar-refractivity contribution < 1.29 is 17.4 Å². The van der Waals surface area contributed by atoms with Crippen LogP contribution in [0.2, 0.25) is 0 Å². The highest BCUT2D eigenvalue weighted by Gasteiger charge is 2.22. The third kappa shape index (κ3) is 11.3. The minimum atomic E-state index is -3.87. The van der Waals surface area contributed by atoms with E-state index in [-0.39, 0.29) is 0 Å². The van der Waals surface area contributed by atoms with E-state index in [1.807, 2.05) is 13.8 Å². The third-order valence-electron chi connectivity index (χ3n) is 1.53. The Bertz CT molecular complexity index is 214. The van der Waals surface area contributed by atoms with E-state index in [4.69, 9.17) is 7.94 Å². The molecule has 7 heteroatoms. The molecule has 0 aromatic carbocycles. The summed E-state index contributed by atoms with van der Waals surface area (Å²) in [6, 6.07) is 0. The van der Waals surface area contributed by atoms with Crippen LogP contribution in [0.4, 0.5) is 0 Å². The molecule has 16 heavy (non-hydrogen) atoms. The smallest absolute Gasteiger partial charge is 0.301 e. The van der Waals surface area contributed by atoms with Gasteiger partial charge in [0.25, 0.3) is 0 Å². The third-order valence-corrected chi connectivity index (χ3v) is 5.13. The van der Waals surface area contributed by atoms with E-state index in [0.29, 0.717) is 11.7 Å². The maximum Gasteiger partial charge on any atom is 0.494 e. The van der Waals surface area contributed by atoms with E-state index >= 15 is 0 Å². The molecule has 0 radical (unpaired) electrons. The van der Waals surface area contributed by atoms with E-state index < -0.39 is 7.82 Å². The van der Waals surface area contributed by atoms with Gasteiger partial charge in [-0.15, -0.1) is 0 Å². The molecule has 0 heterocycles. The Morgan fingerprint density at radius 3 is 2.44 bits per heavy atom. The number of hydrogen-bond acceptors (Lipinski definition) is 5. The topological polar surface area (TPSA) is 55.8 Å². The van der Waals surface area contributed by atoms with E-state index in [2.05, 4.69) is 6.92 Å². The molecule has 0 saturated carbocycles. The van der Waals surface area contributed by atoms with Crippen LogP contribution in [0.3, 0.4) is 0 Å². The van der Waals surface area contributed by atoms with Crippen LogP contribution in [-0.2, 0) is 12.5 Å². The monoisotopic (exact) mass is 288 g/mol. The molecule has 0 aromatic heterocycles.